The summed E-state index contributed by atoms with van der Waals surface area (Å²) in [5.41, 5.74) is 9.81. The van der Waals surface area contributed by atoms with Crippen LogP contribution in [-0.2, 0) is 0 Å². The number of fused-ring (bicyclic) bond motifs is 3. The van der Waals surface area contributed by atoms with Crippen molar-refractivity contribution in [2.24, 2.45) is 0 Å². The smallest absolute Gasteiger partial charge is 0.164 e. The average molecular weight is 688 g/mol. The van der Waals surface area contributed by atoms with E-state index < -0.39 is 0 Å². The van der Waals surface area contributed by atoms with Crippen molar-refractivity contribution in [1.82, 2.24) is 15.0 Å². The van der Waals surface area contributed by atoms with Crippen LogP contribution < -0.4 is 0 Å². The molecule has 0 aliphatic carbocycles. The highest BCUT2D eigenvalue weighted by molar-refractivity contribution is 5.97. The van der Waals surface area contributed by atoms with Crippen LogP contribution >= 0.6 is 0 Å². The van der Waals surface area contributed by atoms with E-state index in [9.17, 15) is 0 Å². The van der Waals surface area contributed by atoms with Crippen molar-refractivity contribution in [1.29, 1.82) is 0 Å². The first-order valence-corrected chi connectivity index (χ1v) is 18.3. The van der Waals surface area contributed by atoms with Gasteiger partial charge in [0.25, 0.3) is 0 Å². The van der Waals surface area contributed by atoms with E-state index in [4.69, 9.17) is 15.0 Å². The standard InChI is InChI=1S/C51H33N3/c1-2-11-34(12-3-1)40-26-27-42-33-44(30-28-41(42)31-40)50-52-49(43-29-21-35-13-4-5-15-39(35)32-43)53-51(54-50)48-19-9-8-18-47(48)38-24-22-37(23-25-38)46-20-10-16-36-14-6-7-17-45(36)46/h1-33H. The van der Waals surface area contributed by atoms with Crippen LogP contribution in [-0.4, -0.2) is 15.0 Å². The number of hydrogen-bond acceptors (Lipinski definition) is 3. The Labute approximate surface area is 313 Å². The van der Waals surface area contributed by atoms with E-state index in [2.05, 4.69) is 194 Å². The van der Waals surface area contributed by atoms with Crippen molar-refractivity contribution < 1.29 is 0 Å². The van der Waals surface area contributed by atoms with Crippen molar-refractivity contribution in [3.05, 3.63) is 200 Å². The third-order valence-corrected chi connectivity index (χ3v) is 10.3. The van der Waals surface area contributed by atoms with Gasteiger partial charge in [-0.15, -0.1) is 0 Å². The first kappa shape index (κ1) is 31.5. The molecule has 0 saturated heterocycles. The summed E-state index contributed by atoms with van der Waals surface area (Å²) in [5, 5.41) is 7.11. The van der Waals surface area contributed by atoms with Gasteiger partial charge in [0.2, 0.25) is 0 Å². The third kappa shape index (κ3) is 5.88. The SMILES string of the molecule is c1ccc(-c2ccc3cc(-c4nc(-c5ccc6ccccc6c5)nc(-c5ccccc5-c5ccc(-c6cccc7ccccc67)cc5)n4)ccc3c2)cc1. The Bertz CT molecular complexity index is 2980. The number of aromatic nitrogens is 3. The number of nitrogens with zero attached hydrogens (tertiary/aromatic N) is 3. The zero-order chi connectivity index (χ0) is 35.8. The van der Waals surface area contributed by atoms with Crippen LogP contribution in [0.15, 0.2) is 200 Å². The molecule has 0 aliphatic heterocycles. The van der Waals surface area contributed by atoms with Gasteiger partial charge in [-0.3, -0.25) is 0 Å². The lowest BCUT2D eigenvalue weighted by Gasteiger charge is -2.13. The Balaban J connectivity index is 1.09. The van der Waals surface area contributed by atoms with Crippen LogP contribution in [0.1, 0.15) is 0 Å². The van der Waals surface area contributed by atoms with E-state index in [0.717, 1.165) is 38.6 Å². The molecular weight excluding hydrogens is 655 g/mol. The van der Waals surface area contributed by atoms with Crippen LogP contribution in [0.3, 0.4) is 0 Å². The van der Waals surface area contributed by atoms with E-state index in [1.807, 2.05) is 6.07 Å². The molecule has 0 bridgehead atoms. The van der Waals surface area contributed by atoms with Crippen LogP contribution in [0, 0.1) is 0 Å². The summed E-state index contributed by atoms with van der Waals surface area (Å²) >= 11 is 0. The first-order valence-electron chi connectivity index (χ1n) is 18.3. The van der Waals surface area contributed by atoms with Gasteiger partial charge in [-0.25, -0.2) is 15.0 Å². The Hall–Kier alpha value is -7.23. The molecule has 0 N–H and O–H groups in total. The van der Waals surface area contributed by atoms with Gasteiger partial charge in [-0.05, 0) is 83.9 Å². The second kappa shape index (κ2) is 13.4. The minimum Gasteiger partial charge on any atom is -0.208 e. The van der Waals surface area contributed by atoms with Crippen molar-refractivity contribution in [2.45, 2.75) is 0 Å². The Morgan fingerprint density at radius 3 is 1.39 bits per heavy atom. The van der Waals surface area contributed by atoms with Gasteiger partial charge in [0, 0.05) is 16.7 Å². The number of benzene rings is 9. The fourth-order valence-corrected chi connectivity index (χ4v) is 7.51. The molecule has 0 spiro atoms. The van der Waals surface area contributed by atoms with E-state index in [1.165, 1.54) is 43.8 Å². The molecule has 0 unspecified atom stereocenters. The fourth-order valence-electron chi connectivity index (χ4n) is 7.51. The summed E-state index contributed by atoms with van der Waals surface area (Å²) < 4.78 is 0. The predicted molar refractivity (Wildman–Crippen MR) is 225 cm³/mol. The van der Waals surface area contributed by atoms with E-state index in [0.29, 0.717) is 17.5 Å². The number of rotatable bonds is 6. The molecule has 0 saturated carbocycles. The van der Waals surface area contributed by atoms with Crippen molar-refractivity contribution >= 4 is 32.3 Å². The topological polar surface area (TPSA) is 38.7 Å². The molecule has 3 nitrogen and oxygen atoms in total. The Morgan fingerprint density at radius 1 is 0.222 bits per heavy atom. The van der Waals surface area contributed by atoms with Crippen LogP contribution in [0.25, 0.3) is 99.9 Å². The lowest BCUT2D eigenvalue weighted by Crippen LogP contribution is -2.01. The van der Waals surface area contributed by atoms with Gasteiger partial charge >= 0.3 is 0 Å². The second-order valence-electron chi connectivity index (χ2n) is 13.7. The highest BCUT2D eigenvalue weighted by Gasteiger charge is 2.17. The quantitative estimate of drug-likeness (QED) is 0.175. The number of hydrogen-bond donors (Lipinski definition) is 0. The average Bonchev–Trinajstić information content (AvgIpc) is 3.26. The molecule has 0 aliphatic rings. The van der Waals surface area contributed by atoms with Gasteiger partial charge in [0.15, 0.2) is 17.5 Å². The maximum absolute atomic E-state index is 5.20. The Morgan fingerprint density at radius 2 is 0.667 bits per heavy atom. The van der Waals surface area contributed by atoms with E-state index in [1.54, 1.807) is 0 Å². The molecule has 0 atom stereocenters. The van der Waals surface area contributed by atoms with Gasteiger partial charge in [-0.2, -0.15) is 0 Å². The van der Waals surface area contributed by atoms with Gasteiger partial charge in [-0.1, -0.05) is 182 Å². The van der Waals surface area contributed by atoms with Crippen LogP contribution in [0.5, 0.6) is 0 Å². The summed E-state index contributed by atoms with van der Waals surface area (Å²) in [4.78, 5) is 15.5. The molecule has 9 aromatic carbocycles. The highest BCUT2D eigenvalue weighted by Crippen LogP contribution is 2.36. The molecule has 54 heavy (non-hydrogen) atoms. The normalized spacial score (nSPS) is 11.3. The zero-order valence-corrected chi connectivity index (χ0v) is 29.4. The largest absolute Gasteiger partial charge is 0.208 e. The van der Waals surface area contributed by atoms with E-state index >= 15 is 0 Å². The highest BCUT2D eigenvalue weighted by atomic mass is 15.0. The zero-order valence-electron chi connectivity index (χ0n) is 29.4. The fraction of sp³-hybridized carbons (Fsp3) is 0. The minimum absolute atomic E-state index is 0.636. The van der Waals surface area contributed by atoms with Crippen molar-refractivity contribution in [2.75, 3.05) is 0 Å². The maximum Gasteiger partial charge on any atom is 0.164 e. The summed E-state index contributed by atoms with van der Waals surface area (Å²) in [5.74, 6) is 1.91. The monoisotopic (exact) mass is 687 g/mol. The van der Waals surface area contributed by atoms with Crippen molar-refractivity contribution in [3.63, 3.8) is 0 Å². The van der Waals surface area contributed by atoms with Gasteiger partial charge in [0.05, 0.1) is 0 Å². The van der Waals surface area contributed by atoms with Gasteiger partial charge < -0.3 is 0 Å². The molecule has 10 rings (SSSR count). The van der Waals surface area contributed by atoms with Crippen LogP contribution in [0.4, 0.5) is 0 Å². The molecule has 1 aromatic heterocycles. The summed E-state index contributed by atoms with van der Waals surface area (Å²) in [7, 11) is 0. The molecule has 252 valence electrons. The minimum atomic E-state index is 0.636. The molecule has 1 heterocycles. The Kier molecular flexibility index (Phi) is 7.81. The predicted octanol–water partition coefficient (Wildman–Crippen LogP) is 13.3. The third-order valence-electron chi connectivity index (χ3n) is 10.3. The molecule has 10 aromatic rings. The summed E-state index contributed by atoms with van der Waals surface area (Å²) in [6.45, 7) is 0. The maximum atomic E-state index is 5.20. The lowest BCUT2D eigenvalue weighted by atomic mass is 9.94. The van der Waals surface area contributed by atoms with Crippen molar-refractivity contribution in [3.8, 4) is 67.5 Å². The van der Waals surface area contributed by atoms with Crippen LogP contribution in [0.2, 0.25) is 0 Å². The first-order chi connectivity index (χ1) is 26.7. The molecule has 0 amide bonds. The summed E-state index contributed by atoms with van der Waals surface area (Å²) in [6.07, 6.45) is 0. The van der Waals surface area contributed by atoms with Gasteiger partial charge in [0.1, 0.15) is 0 Å². The molecule has 3 heteroatoms. The molecular formula is C51H33N3. The van der Waals surface area contributed by atoms with E-state index in [-0.39, 0.29) is 0 Å². The molecule has 0 fully saturated rings. The molecule has 0 radical (unpaired) electrons. The second-order valence-corrected chi connectivity index (χ2v) is 13.7. The lowest BCUT2D eigenvalue weighted by molar-refractivity contribution is 1.08. The summed E-state index contributed by atoms with van der Waals surface area (Å²) in [6, 6.07) is 70.7.